The maximum absolute atomic E-state index is 11.0. The number of rotatable bonds is 3. The molecule has 100 valence electrons. The lowest BCUT2D eigenvalue weighted by molar-refractivity contribution is -0.384. The number of aromatic carboxylic acids is 1. The first-order chi connectivity index (χ1) is 8.81. The molecule has 7 N–H and O–H groups in total. The van der Waals surface area contributed by atoms with E-state index in [0.29, 0.717) is 0 Å². The van der Waals surface area contributed by atoms with Crippen molar-refractivity contribution in [2.75, 3.05) is 0 Å². The molecule has 0 fully saturated rings. The van der Waals surface area contributed by atoms with E-state index >= 15 is 0 Å². The van der Waals surface area contributed by atoms with Crippen LogP contribution in [0.15, 0.2) is 28.2 Å². The van der Waals surface area contributed by atoms with E-state index in [4.69, 9.17) is 22.3 Å². The number of non-ortho nitro benzene ring substituents is 1. The Hall–Kier alpha value is -3.17. The molecule has 0 atom stereocenters. The molecule has 0 spiro atoms. The molecule has 10 heteroatoms. The fraction of sp³-hybridized carbons (Fsp3) is 0. The standard InChI is InChI=1S/C9H10N6O4/c10-8(11)14-9(12)13-6-2-1-4(15(18)19)3-5(6)7(16)17/h1-3H,(H,16,17)(H6,10,11,12,13,14). The average molecular weight is 266 g/mol. The summed E-state index contributed by atoms with van der Waals surface area (Å²) in [4.78, 5) is 27.9. The normalized spacial score (nSPS) is 10.8. The molecule has 0 saturated carbocycles. The number of benzene rings is 1. The van der Waals surface area contributed by atoms with E-state index < -0.39 is 10.9 Å². The van der Waals surface area contributed by atoms with Gasteiger partial charge in [0.15, 0.2) is 5.96 Å². The average Bonchev–Trinajstić information content (AvgIpc) is 2.27. The second-order valence-electron chi connectivity index (χ2n) is 3.27. The Morgan fingerprint density at radius 1 is 1.32 bits per heavy atom. The number of nitro benzene ring substituents is 1. The third-order valence-corrected chi connectivity index (χ3v) is 1.90. The van der Waals surface area contributed by atoms with Gasteiger partial charge in [-0.3, -0.25) is 10.1 Å². The first kappa shape index (κ1) is 13.9. The highest BCUT2D eigenvalue weighted by Crippen LogP contribution is 2.24. The fourth-order valence-corrected chi connectivity index (χ4v) is 1.19. The van der Waals surface area contributed by atoms with Crippen LogP contribution in [-0.2, 0) is 0 Å². The minimum atomic E-state index is -1.39. The van der Waals surface area contributed by atoms with Gasteiger partial charge in [0.2, 0.25) is 5.96 Å². The van der Waals surface area contributed by atoms with Gasteiger partial charge in [-0.05, 0) is 6.07 Å². The predicted molar refractivity (Wildman–Crippen MR) is 67.1 cm³/mol. The van der Waals surface area contributed by atoms with Crippen molar-refractivity contribution in [3.05, 3.63) is 33.9 Å². The summed E-state index contributed by atoms with van der Waals surface area (Å²) in [5.41, 5.74) is 14.6. The molecule has 0 saturated heterocycles. The molecule has 1 aromatic carbocycles. The molecule has 0 radical (unpaired) electrons. The number of nitrogens with zero attached hydrogens (tertiary/aromatic N) is 3. The van der Waals surface area contributed by atoms with Gasteiger partial charge in [-0.25, -0.2) is 9.79 Å². The van der Waals surface area contributed by atoms with E-state index in [1.165, 1.54) is 0 Å². The number of carboxylic acids is 1. The molecule has 0 amide bonds. The van der Waals surface area contributed by atoms with E-state index in [2.05, 4.69) is 9.98 Å². The van der Waals surface area contributed by atoms with E-state index in [0.717, 1.165) is 18.2 Å². The van der Waals surface area contributed by atoms with Gasteiger partial charge in [-0.15, -0.1) is 0 Å². The number of guanidine groups is 2. The Labute approximate surface area is 106 Å². The molecule has 0 heterocycles. The van der Waals surface area contributed by atoms with Crippen molar-refractivity contribution >= 4 is 29.3 Å². The lowest BCUT2D eigenvalue weighted by Gasteiger charge is -2.01. The molecule has 10 nitrogen and oxygen atoms in total. The van der Waals surface area contributed by atoms with Crippen LogP contribution < -0.4 is 17.2 Å². The number of aliphatic imine (C=N–C) groups is 2. The van der Waals surface area contributed by atoms with Crippen LogP contribution in [0.3, 0.4) is 0 Å². The van der Waals surface area contributed by atoms with Crippen molar-refractivity contribution < 1.29 is 14.8 Å². The molecule has 0 aromatic heterocycles. The summed E-state index contributed by atoms with van der Waals surface area (Å²) in [6, 6.07) is 3.09. The minimum absolute atomic E-state index is 0.0967. The first-order valence-corrected chi connectivity index (χ1v) is 4.76. The fourth-order valence-electron chi connectivity index (χ4n) is 1.19. The van der Waals surface area contributed by atoms with Gasteiger partial charge in [0.25, 0.3) is 5.69 Å². The van der Waals surface area contributed by atoms with Gasteiger partial charge in [0, 0.05) is 12.1 Å². The van der Waals surface area contributed by atoms with Crippen LogP contribution >= 0.6 is 0 Å². The van der Waals surface area contributed by atoms with Crippen molar-refractivity contribution in [3.8, 4) is 0 Å². The van der Waals surface area contributed by atoms with Crippen LogP contribution in [0.25, 0.3) is 0 Å². The third kappa shape index (κ3) is 3.66. The first-order valence-electron chi connectivity index (χ1n) is 4.76. The van der Waals surface area contributed by atoms with Gasteiger partial charge in [-0.1, -0.05) is 0 Å². The summed E-state index contributed by atoms with van der Waals surface area (Å²) < 4.78 is 0. The Balaban J connectivity index is 3.32. The zero-order valence-electron chi connectivity index (χ0n) is 9.48. The summed E-state index contributed by atoms with van der Waals surface area (Å²) >= 11 is 0. The highest BCUT2D eigenvalue weighted by Gasteiger charge is 2.15. The molecule has 0 bridgehead atoms. The maximum atomic E-state index is 11.0. The zero-order valence-corrected chi connectivity index (χ0v) is 9.48. The number of carbonyl (C=O) groups is 1. The predicted octanol–water partition coefficient (Wildman–Crippen LogP) is -0.487. The number of hydrogen-bond acceptors (Lipinski definition) is 4. The van der Waals surface area contributed by atoms with Crippen LogP contribution in [0.2, 0.25) is 0 Å². The Morgan fingerprint density at radius 3 is 2.42 bits per heavy atom. The van der Waals surface area contributed by atoms with E-state index in [-0.39, 0.29) is 28.9 Å². The zero-order chi connectivity index (χ0) is 14.6. The number of hydrogen-bond donors (Lipinski definition) is 4. The maximum Gasteiger partial charge on any atom is 0.338 e. The number of nitro groups is 1. The largest absolute Gasteiger partial charge is 0.478 e. The summed E-state index contributed by atoms with van der Waals surface area (Å²) in [7, 11) is 0. The van der Waals surface area contributed by atoms with E-state index in [1.54, 1.807) is 0 Å². The van der Waals surface area contributed by atoms with Gasteiger partial charge >= 0.3 is 5.97 Å². The molecule has 0 aliphatic heterocycles. The highest BCUT2D eigenvalue weighted by atomic mass is 16.6. The molecule has 0 aliphatic carbocycles. The summed E-state index contributed by atoms with van der Waals surface area (Å²) in [5.74, 6) is -2.10. The number of carboxylic acid groups (broad SMARTS) is 1. The molecule has 1 aromatic rings. The molecular formula is C9H10N6O4. The molecule has 0 aliphatic rings. The van der Waals surface area contributed by atoms with Gasteiger partial charge in [-0.2, -0.15) is 4.99 Å². The second kappa shape index (κ2) is 5.44. The van der Waals surface area contributed by atoms with Crippen LogP contribution in [0, 0.1) is 10.1 Å². The lowest BCUT2D eigenvalue weighted by Crippen LogP contribution is -2.26. The lowest BCUT2D eigenvalue weighted by atomic mass is 10.1. The van der Waals surface area contributed by atoms with Crippen molar-refractivity contribution in [2.24, 2.45) is 27.2 Å². The van der Waals surface area contributed by atoms with Crippen LogP contribution in [0.5, 0.6) is 0 Å². The molecule has 0 unspecified atom stereocenters. The Bertz CT molecular complexity index is 590. The van der Waals surface area contributed by atoms with E-state index in [1.807, 2.05) is 0 Å². The van der Waals surface area contributed by atoms with E-state index in [9.17, 15) is 14.9 Å². The van der Waals surface area contributed by atoms with Crippen molar-refractivity contribution in [3.63, 3.8) is 0 Å². The molecule has 1 rings (SSSR count). The van der Waals surface area contributed by atoms with Gasteiger partial charge < -0.3 is 22.3 Å². The summed E-state index contributed by atoms with van der Waals surface area (Å²) in [5, 5.41) is 19.5. The van der Waals surface area contributed by atoms with Crippen molar-refractivity contribution in [2.45, 2.75) is 0 Å². The Kier molecular flexibility index (Phi) is 3.98. The number of nitrogens with two attached hydrogens (primary N) is 3. The summed E-state index contributed by atoms with van der Waals surface area (Å²) in [6.45, 7) is 0. The minimum Gasteiger partial charge on any atom is -0.478 e. The quantitative estimate of drug-likeness (QED) is 0.246. The molecular weight excluding hydrogens is 256 g/mol. The summed E-state index contributed by atoms with van der Waals surface area (Å²) in [6.07, 6.45) is 0. The van der Waals surface area contributed by atoms with Gasteiger partial charge in [0.1, 0.15) is 0 Å². The topological polar surface area (TPSA) is 183 Å². The smallest absolute Gasteiger partial charge is 0.338 e. The van der Waals surface area contributed by atoms with Crippen molar-refractivity contribution in [1.29, 1.82) is 0 Å². The SMILES string of the molecule is NC(N)=NC(N)=Nc1ccc([N+](=O)[O-])cc1C(=O)O. The third-order valence-electron chi connectivity index (χ3n) is 1.90. The van der Waals surface area contributed by atoms with Crippen LogP contribution in [0.1, 0.15) is 10.4 Å². The highest BCUT2D eigenvalue weighted by molar-refractivity contribution is 5.98. The van der Waals surface area contributed by atoms with Crippen LogP contribution in [0.4, 0.5) is 11.4 Å². The monoisotopic (exact) mass is 266 g/mol. The Morgan fingerprint density at radius 2 is 1.95 bits per heavy atom. The second-order valence-corrected chi connectivity index (χ2v) is 3.27. The van der Waals surface area contributed by atoms with Crippen molar-refractivity contribution in [1.82, 2.24) is 0 Å². The molecule has 19 heavy (non-hydrogen) atoms. The van der Waals surface area contributed by atoms with Gasteiger partial charge in [0.05, 0.1) is 16.2 Å². The van der Waals surface area contributed by atoms with Crippen LogP contribution in [-0.4, -0.2) is 27.9 Å².